The summed E-state index contributed by atoms with van der Waals surface area (Å²) in [6, 6.07) is 86.4. The molecule has 0 bridgehead atoms. The van der Waals surface area contributed by atoms with Crippen LogP contribution in [0.4, 0.5) is 0 Å². The van der Waals surface area contributed by atoms with Crippen LogP contribution in [0.15, 0.2) is 231 Å². The second kappa shape index (κ2) is 13.7. The van der Waals surface area contributed by atoms with Crippen LogP contribution in [0.1, 0.15) is 47.2 Å². The van der Waals surface area contributed by atoms with Crippen LogP contribution in [0.25, 0.3) is 88.4 Å². The zero-order valence-electron chi connectivity index (χ0n) is 36.8. The summed E-state index contributed by atoms with van der Waals surface area (Å²) in [5, 5.41) is 5.07. The standard InChI is InChI=1S/C64H44N2/c1-63(2)53-27-10-11-28-55(53)64(57-39-42(35-37-54(57)63)41-18-17-19-44(38-41)65-59-30-13-5-22-48(59)49-23-6-14-31-60(49)65)52-26-9-3-21-46(52)47-36-34-43(40-56(47)64)45-20-4-12-29-58(45)66-61-32-15-7-24-50(61)51-25-8-16-33-62(51)66/h3-40H,1-2H3. The molecule has 1 spiro atoms. The van der Waals surface area contributed by atoms with E-state index in [4.69, 9.17) is 0 Å². The second-order valence-corrected chi connectivity index (χ2v) is 18.8. The molecule has 10 aromatic carbocycles. The van der Waals surface area contributed by atoms with Crippen LogP contribution in [-0.2, 0) is 10.8 Å². The van der Waals surface area contributed by atoms with Crippen LogP contribution in [0.2, 0.25) is 0 Å². The summed E-state index contributed by atoms with van der Waals surface area (Å²) < 4.78 is 4.89. The van der Waals surface area contributed by atoms with Gasteiger partial charge in [0.2, 0.25) is 0 Å². The predicted molar refractivity (Wildman–Crippen MR) is 275 cm³/mol. The maximum absolute atomic E-state index is 2.54. The lowest BCUT2D eigenvalue weighted by Gasteiger charge is -2.47. The molecule has 14 rings (SSSR count). The Labute approximate surface area is 384 Å². The highest BCUT2D eigenvalue weighted by atomic mass is 15.0. The van der Waals surface area contributed by atoms with Gasteiger partial charge in [0.25, 0.3) is 0 Å². The van der Waals surface area contributed by atoms with Gasteiger partial charge in [0.15, 0.2) is 0 Å². The van der Waals surface area contributed by atoms with E-state index in [0.717, 1.165) is 5.69 Å². The quantitative estimate of drug-likeness (QED) is 0.167. The van der Waals surface area contributed by atoms with Crippen molar-refractivity contribution in [3.63, 3.8) is 0 Å². The van der Waals surface area contributed by atoms with E-state index in [2.05, 4.69) is 254 Å². The van der Waals surface area contributed by atoms with Gasteiger partial charge in [-0.1, -0.05) is 190 Å². The third-order valence-corrected chi connectivity index (χ3v) is 15.2. The molecule has 0 fully saturated rings. The largest absolute Gasteiger partial charge is 0.309 e. The summed E-state index contributed by atoms with van der Waals surface area (Å²) in [6.45, 7) is 4.83. The monoisotopic (exact) mass is 840 g/mol. The van der Waals surface area contributed by atoms with Gasteiger partial charge in [-0.3, -0.25) is 0 Å². The fourth-order valence-electron chi connectivity index (χ4n) is 12.4. The van der Waals surface area contributed by atoms with Crippen molar-refractivity contribution in [1.82, 2.24) is 9.13 Å². The normalized spacial score (nSPS) is 15.6. The molecule has 0 aliphatic heterocycles. The Morgan fingerprint density at radius 2 is 0.758 bits per heavy atom. The lowest BCUT2D eigenvalue weighted by Crippen LogP contribution is -2.40. The van der Waals surface area contributed by atoms with E-state index >= 15 is 0 Å². The topological polar surface area (TPSA) is 9.86 Å². The van der Waals surface area contributed by atoms with Crippen molar-refractivity contribution >= 4 is 43.6 Å². The average molecular weight is 841 g/mol. The number of rotatable bonds is 4. The Morgan fingerprint density at radius 3 is 1.42 bits per heavy atom. The van der Waals surface area contributed by atoms with Crippen LogP contribution < -0.4 is 0 Å². The van der Waals surface area contributed by atoms with Crippen LogP contribution >= 0.6 is 0 Å². The van der Waals surface area contributed by atoms with Crippen LogP contribution in [0.3, 0.4) is 0 Å². The zero-order chi connectivity index (χ0) is 43.7. The third kappa shape index (κ3) is 4.91. The van der Waals surface area contributed by atoms with Crippen LogP contribution in [0.5, 0.6) is 0 Å². The van der Waals surface area contributed by atoms with Gasteiger partial charge in [-0.25, -0.2) is 0 Å². The van der Waals surface area contributed by atoms with E-state index in [1.54, 1.807) is 0 Å². The van der Waals surface area contributed by atoms with Crippen molar-refractivity contribution < 1.29 is 0 Å². The molecule has 0 N–H and O–H groups in total. The first-order valence-corrected chi connectivity index (χ1v) is 23.2. The summed E-state index contributed by atoms with van der Waals surface area (Å²) >= 11 is 0. The summed E-state index contributed by atoms with van der Waals surface area (Å²) in [5.41, 5.74) is 21.9. The lowest BCUT2D eigenvalue weighted by atomic mass is 9.55. The molecule has 2 aliphatic rings. The number of para-hydroxylation sites is 5. The van der Waals surface area contributed by atoms with Gasteiger partial charge in [-0.15, -0.1) is 0 Å². The van der Waals surface area contributed by atoms with E-state index in [0.29, 0.717) is 0 Å². The van der Waals surface area contributed by atoms with E-state index in [1.165, 1.54) is 116 Å². The molecule has 0 saturated heterocycles. The van der Waals surface area contributed by atoms with Crippen LogP contribution in [-0.4, -0.2) is 9.13 Å². The smallest absolute Gasteiger partial charge is 0.0719 e. The fraction of sp³-hybridized carbons (Fsp3) is 0.0625. The van der Waals surface area contributed by atoms with Gasteiger partial charge in [0.05, 0.1) is 33.2 Å². The molecule has 2 nitrogen and oxygen atoms in total. The van der Waals surface area contributed by atoms with Crippen molar-refractivity contribution in [2.24, 2.45) is 0 Å². The van der Waals surface area contributed by atoms with Crippen molar-refractivity contribution in [3.8, 4) is 44.8 Å². The highest BCUT2D eigenvalue weighted by molar-refractivity contribution is 6.10. The van der Waals surface area contributed by atoms with Crippen LogP contribution in [0, 0.1) is 0 Å². The molecule has 1 atom stereocenters. The first kappa shape index (κ1) is 37.2. The summed E-state index contributed by atoms with van der Waals surface area (Å²) in [7, 11) is 0. The Kier molecular flexibility index (Phi) is 7.70. The molecule has 0 amide bonds. The Morgan fingerprint density at radius 1 is 0.288 bits per heavy atom. The van der Waals surface area contributed by atoms with Gasteiger partial charge in [-0.2, -0.15) is 0 Å². The molecule has 0 saturated carbocycles. The number of hydrogen-bond donors (Lipinski definition) is 0. The van der Waals surface area contributed by atoms with E-state index in [9.17, 15) is 0 Å². The van der Waals surface area contributed by atoms with Crippen molar-refractivity contribution in [3.05, 3.63) is 264 Å². The third-order valence-electron chi connectivity index (χ3n) is 15.2. The van der Waals surface area contributed by atoms with Gasteiger partial charge < -0.3 is 9.13 Å². The van der Waals surface area contributed by atoms with E-state index < -0.39 is 5.41 Å². The number of benzene rings is 10. The summed E-state index contributed by atoms with van der Waals surface area (Å²) in [6.07, 6.45) is 0. The number of aromatic nitrogens is 2. The number of nitrogens with zero attached hydrogens (tertiary/aromatic N) is 2. The minimum absolute atomic E-state index is 0.237. The first-order chi connectivity index (χ1) is 32.5. The van der Waals surface area contributed by atoms with E-state index in [-0.39, 0.29) is 5.41 Å². The number of hydrogen-bond acceptors (Lipinski definition) is 0. The average Bonchev–Trinajstić information content (AvgIpc) is 4.00. The molecular weight excluding hydrogens is 797 g/mol. The molecule has 12 aromatic rings. The highest BCUT2D eigenvalue weighted by Crippen LogP contribution is 2.63. The SMILES string of the molecule is CC1(C)c2ccccc2C2(c3ccccc3-c3ccc(-c4ccccc4-n4c5ccccc5c5ccccc54)cc32)c2cc(-c3cccc(-n4c5ccccc5c5ccccc54)c3)ccc21. The first-order valence-electron chi connectivity index (χ1n) is 23.2. The minimum Gasteiger partial charge on any atom is -0.309 e. The zero-order valence-corrected chi connectivity index (χ0v) is 36.8. The van der Waals surface area contributed by atoms with Gasteiger partial charge in [0.1, 0.15) is 0 Å². The lowest BCUT2D eigenvalue weighted by molar-refractivity contribution is 0.563. The highest BCUT2D eigenvalue weighted by Gasteiger charge is 2.53. The Hall–Kier alpha value is -8.20. The Balaban J connectivity index is 1.02. The van der Waals surface area contributed by atoms with Gasteiger partial charge >= 0.3 is 0 Å². The molecule has 1 unspecified atom stereocenters. The molecule has 66 heavy (non-hydrogen) atoms. The van der Waals surface area contributed by atoms with Gasteiger partial charge in [0, 0.05) is 38.2 Å². The molecule has 310 valence electrons. The minimum atomic E-state index is -0.564. The maximum Gasteiger partial charge on any atom is 0.0719 e. The molecule has 0 radical (unpaired) electrons. The molecular formula is C64H44N2. The molecule has 2 heterocycles. The molecule has 2 aromatic heterocycles. The second-order valence-electron chi connectivity index (χ2n) is 18.8. The summed E-state index contributed by atoms with van der Waals surface area (Å²) in [4.78, 5) is 0. The maximum atomic E-state index is 2.54. The van der Waals surface area contributed by atoms with Crippen molar-refractivity contribution in [2.75, 3.05) is 0 Å². The van der Waals surface area contributed by atoms with Crippen molar-refractivity contribution in [2.45, 2.75) is 24.7 Å². The fourth-order valence-corrected chi connectivity index (χ4v) is 12.4. The number of fused-ring (bicyclic) bond motifs is 15. The van der Waals surface area contributed by atoms with Gasteiger partial charge in [-0.05, 0) is 116 Å². The molecule has 2 heteroatoms. The molecule has 2 aliphatic carbocycles. The predicted octanol–water partition coefficient (Wildman–Crippen LogP) is 16.2. The van der Waals surface area contributed by atoms with Crippen molar-refractivity contribution in [1.29, 1.82) is 0 Å². The Bertz CT molecular complexity index is 3880. The van der Waals surface area contributed by atoms with E-state index in [1.807, 2.05) is 0 Å². The summed E-state index contributed by atoms with van der Waals surface area (Å²) in [5.74, 6) is 0.